The molecule has 2 aromatic carbocycles. The minimum atomic E-state index is -0.425. The maximum Gasteiger partial charge on any atom is 0.338 e. The van der Waals surface area contributed by atoms with Gasteiger partial charge < -0.3 is 14.8 Å². The van der Waals surface area contributed by atoms with Crippen LogP contribution in [0.3, 0.4) is 0 Å². The lowest BCUT2D eigenvalue weighted by atomic mass is 10.2. The van der Waals surface area contributed by atoms with Crippen molar-refractivity contribution < 1.29 is 19.1 Å². The summed E-state index contributed by atoms with van der Waals surface area (Å²) in [4.78, 5) is 24.3. The Bertz CT molecular complexity index is 1030. The Morgan fingerprint density at radius 2 is 1.90 bits per heavy atom. The zero-order valence-electron chi connectivity index (χ0n) is 16.9. The number of methoxy groups -OCH3 is 1. The van der Waals surface area contributed by atoms with Crippen molar-refractivity contribution in [3.8, 4) is 11.4 Å². The smallest absolute Gasteiger partial charge is 0.338 e. The second kappa shape index (κ2) is 9.93. The molecule has 156 valence electrons. The number of carbonyl (C=O) groups excluding carboxylic acids is 2. The standard InChI is InChI=1S/C21H22N4O4S/c1-4-29-20(27)15-6-5-7-16(12-15)22-19(26)13-30-21-24-23-14(2)25(21)17-8-10-18(28-3)11-9-17/h5-12H,4,13H2,1-3H3,(H,22,26). The molecular formula is C21H22N4O4S. The Morgan fingerprint density at radius 3 is 2.60 bits per heavy atom. The summed E-state index contributed by atoms with van der Waals surface area (Å²) < 4.78 is 12.0. The predicted molar refractivity (Wildman–Crippen MR) is 114 cm³/mol. The van der Waals surface area contributed by atoms with Gasteiger partial charge >= 0.3 is 5.97 Å². The first-order chi connectivity index (χ1) is 14.5. The van der Waals surface area contributed by atoms with E-state index in [-0.39, 0.29) is 11.7 Å². The second-order valence-corrected chi connectivity index (χ2v) is 7.14. The number of nitrogens with zero attached hydrogens (tertiary/aromatic N) is 3. The summed E-state index contributed by atoms with van der Waals surface area (Å²) in [5.74, 6) is 0.958. The lowest BCUT2D eigenvalue weighted by Crippen LogP contribution is -2.15. The van der Waals surface area contributed by atoms with Gasteiger partial charge in [0.25, 0.3) is 0 Å². The average molecular weight is 426 g/mol. The first-order valence-corrected chi connectivity index (χ1v) is 10.3. The van der Waals surface area contributed by atoms with E-state index < -0.39 is 5.97 Å². The molecule has 0 aliphatic heterocycles. The molecule has 0 spiro atoms. The number of aryl methyl sites for hydroxylation is 1. The Kier molecular flexibility index (Phi) is 7.08. The maximum absolute atomic E-state index is 12.4. The third kappa shape index (κ3) is 5.18. The molecule has 0 saturated carbocycles. The number of anilines is 1. The molecule has 0 atom stereocenters. The topological polar surface area (TPSA) is 95.3 Å². The highest BCUT2D eigenvalue weighted by atomic mass is 32.2. The molecule has 1 aromatic heterocycles. The molecule has 0 aliphatic carbocycles. The minimum Gasteiger partial charge on any atom is -0.497 e. The van der Waals surface area contributed by atoms with Gasteiger partial charge in [0.2, 0.25) is 5.91 Å². The number of carbonyl (C=O) groups is 2. The number of benzene rings is 2. The molecule has 0 unspecified atom stereocenters. The molecule has 0 fully saturated rings. The van der Waals surface area contributed by atoms with Gasteiger partial charge in [-0.1, -0.05) is 17.8 Å². The van der Waals surface area contributed by atoms with Crippen LogP contribution in [0.25, 0.3) is 5.69 Å². The highest BCUT2D eigenvalue weighted by Gasteiger charge is 2.14. The number of hydrogen-bond acceptors (Lipinski definition) is 7. The summed E-state index contributed by atoms with van der Waals surface area (Å²) in [5, 5.41) is 11.7. The van der Waals surface area contributed by atoms with Crippen LogP contribution in [0.15, 0.2) is 53.7 Å². The minimum absolute atomic E-state index is 0.137. The number of nitrogens with one attached hydrogen (secondary N) is 1. The van der Waals surface area contributed by atoms with E-state index in [4.69, 9.17) is 9.47 Å². The highest BCUT2D eigenvalue weighted by Crippen LogP contribution is 2.23. The van der Waals surface area contributed by atoms with Gasteiger partial charge in [0.15, 0.2) is 5.16 Å². The monoisotopic (exact) mass is 426 g/mol. The Labute approximate surface area is 178 Å². The molecule has 3 rings (SSSR count). The van der Waals surface area contributed by atoms with Gasteiger partial charge in [0.05, 0.1) is 25.0 Å². The van der Waals surface area contributed by atoms with Crippen molar-refractivity contribution in [2.24, 2.45) is 0 Å². The van der Waals surface area contributed by atoms with Gasteiger partial charge in [-0.05, 0) is 56.3 Å². The largest absolute Gasteiger partial charge is 0.497 e. The Morgan fingerprint density at radius 1 is 1.13 bits per heavy atom. The molecule has 0 aliphatic rings. The van der Waals surface area contributed by atoms with E-state index in [9.17, 15) is 9.59 Å². The summed E-state index contributed by atoms with van der Waals surface area (Å²) in [6, 6.07) is 14.2. The van der Waals surface area contributed by atoms with Crippen molar-refractivity contribution in [2.45, 2.75) is 19.0 Å². The summed E-state index contributed by atoms with van der Waals surface area (Å²) >= 11 is 1.27. The molecule has 9 heteroatoms. The van der Waals surface area contributed by atoms with Crippen LogP contribution < -0.4 is 10.1 Å². The van der Waals surface area contributed by atoms with Gasteiger partial charge in [0, 0.05) is 11.4 Å². The van der Waals surface area contributed by atoms with Crippen LogP contribution in [0.2, 0.25) is 0 Å². The van der Waals surface area contributed by atoms with E-state index in [0.29, 0.717) is 28.8 Å². The number of esters is 1. The SMILES string of the molecule is CCOC(=O)c1cccc(NC(=O)CSc2nnc(C)n2-c2ccc(OC)cc2)c1. The second-order valence-electron chi connectivity index (χ2n) is 6.20. The molecule has 1 heterocycles. The molecule has 0 radical (unpaired) electrons. The van der Waals surface area contributed by atoms with E-state index in [0.717, 1.165) is 11.4 Å². The van der Waals surface area contributed by atoms with Crippen molar-refractivity contribution >= 4 is 29.3 Å². The quantitative estimate of drug-likeness (QED) is 0.435. The number of aromatic nitrogens is 3. The Balaban J connectivity index is 1.66. The first-order valence-electron chi connectivity index (χ1n) is 9.28. The van der Waals surface area contributed by atoms with Crippen LogP contribution in [-0.4, -0.2) is 46.1 Å². The number of hydrogen-bond donors (Lipinski definition) is 1. The molecule has 8 nitrogen and oxygen atoms in total. The maximum atomic E-state index is 12.4. The average Bonchev–Trinajstić information content (AvgIpc) is 3.13. The predicted octanol–water partition coefficient (Wildman–Crippen LogP) is 3.49. The third-order valence-corrected chi connectivity index (χ3v) is 5.04. The summed E-state index contributed by atoms with van der Waals surface area (Å²) in [5.41, 5.74) is 1.79. The van der Waals surface area contributed by atoms with Crippen LogP contribution in [0, 0.1) is 6.92 Å². The van der Waals surface area contributed by atoms with Crippen molar-refractivity contribution in [1.29, 1.82) is 0 Å². The summed E-state index contributed by atoms with van der Waals surface area (Å²) in [6.07, 6.45) is 0. The summed E-state index contributed by atoms with van der Waals surface area (Å²) in [7, 11) is 1.61. The van der Waals surface area contributed by atoms with Crippen molar-refractivity contribution in [2.75, 3.05) is 24.8 Å². The van der Waals surface area contributed by atoms with E-state index in [1.807, 2.05) is 35.8 Å². The molecule has 1 amide bonds. The molecule has 1 N–H and O–H groups in total. The third-order valence-electron chi connectivity index (χ3n) is 4.12. The lowest BCUT2D eigenvalue weighted by molar-refractivity contribution is -0.113. The van der Waals surface area contributed by atoms with Gasteiger partial charge in [-0.2, -0.15) is 0 Å². The van der Waals surface area contributed by atoms with E-state index >= 15 is 0 Å². The van der Waals surface area contributed by atoms with Crippen LogP contribution >= 0.6 is 11.8 Å². The molecule has 0 bridgehead atoms. The van der Waals surface area contributed by atoms with Crippen molar-refractivity contribution in [3.05, 3.63) is 59.9 Å². The van der Waals surface area contributed by atoms with E-state index in [2.05, 4.69) is 15.5 Å². The van der Waals surface area contributed by atoms with Gasteiger partial charge in [-0.15, -0.1) is 10.2 Å². The summed E-state index contributed by atoms with van der Waals surface area (Å²) in [6.45, 7) is 3.88. The van der Waals surface area contributed by atoms with Crippen LogP contribution in [0.4, 0.5) is 5.69 Å². The fourth-order valence-electron chi connectivity index (χ4n) is 2.73. The normalized spacial score (nSPS) is 10.5. The molecule has 0 saturated heterocycles. The molecule has 3 aromatic rings. The van der Waals surface area contributed by atoms with Crippen molar-refractivity contribution in [3.63, 3.8) is 0 Å². The van der Waals surface area contributed by atoms with Crippen LogP contribution in [0.5, 0.6) is 5.75 Å². The molecule has 30 heavy (non-hydrogen) atoms. The fourth-order valence-corrected chi connectivity index (χ4v) is 3.53. The van der Waals surface area contributed by atoms with E-state index in [1.54, 1.807) is 38.3 Å². The van der Waals surface area contributed by atoms with E-state index in [1.165, 1.54) is 11.8 Å². The highest BCUT2D eigenvalue weighted by molar-refractivity contribution is 7.99. The van der Waals surface area contributed by atoms with Gasteiger partial charge in [-0.3, -0.25) is 9.36 Å². The lowest BCUT2D eigenvalue weighted by Gasteiger charge is -2.10. The van der Waals surface area contributed by atoms with Crippen LogP contribution in [0.1, 0.15) is 23.1 Å². The van der Waals surface area contributed by atoms with Gasteiger partial charge in [0.1, 0.15) is 11.6 Å². The number of amides is 1. The van der Waals surface area contributed by atoms with Crippen molar-refractivity contribution in [1.82, 2.24) is 14.8 Å². The molecular weight excluding hydrogens is 404 g/mol. The number of ether oxygens (including phenoxy) is 2. The number of rotatable bonds is 8. The Hall–Kier alpha value is -3.33. The zero-order chi connectivity index (χ0) is 21.5. The fraction of sp³-hybridized carbons (Fsp3) is 0.238. The van der Waals surface area contributed by atoms with Crippen LogP contribution in [-0.2, 0) is 9.53 Å². The van der Waals surface area contributed by atoms with Gasteiger partial charge in [-0.25, -0.2) is 4.79 Å². The zero-order valence-corrected chi connectivity index (χ0v) is 17.7. The first kappa shape index (κ1) is 21.4. The number of thioether (sulfide) groups is 1.